The smallest absolute Gasteiger partial charge is 0.122 e. The second-order valence-electron chi connectivity index (χ2n) is 8.24. The Morgan fingerprint density at radius 1 is 0.538 bits per heavy atom. The molecule has 0 aliphatic heterocycles. The van der Waals surface area contributed by atoms with Crippen LogP contribution in [0, 0.1) is 0 Å². The normalized spacial score (nSPS) is 11.3. The second kappa shape index (κ2) is 29.2. The number of carbonyl (C=O) groups excluding carboxylic acids is 2. The van der Waals surface area contributed by atoms with E-state index in [1.54, 1.807) is 4.68 Å². The van der Waals surface area contributed by atoms with E-state index in [1.165, 1.54) is 0 Å². The van der Waals surface area contributed by atoms with Crippen LogP contribution in [0.15, 0.2) is 6.20 Å². The van der Waals surface area contributed by atoms with Gasteiger partial charge in [-0.25, -0.2) is 4.68 Å². The van der Waals surface area contributed by atoms with Gasteiger partial charge in [0.25, 0.3) is 0 Å². The molecule has 0 aliphatic rings. The van der Waals surface area contributed by atoms with Gasteiger partial charge >= 0.3 is 0 Å². The highest BCUT2D eigenvalue weighted by Crippen LogP contribution is 2.02. The number of hydrogen-bond donors (Lipinski definition) is 0. The number of aromatic nitrogens is 3. The zero-order valence-electron chi connectivity index (χ0n) is 23.2. The molecule has 0 saturated heterocycles. The van der Waals surface area contributed by atoms with Crippen LogP contribution >= 0.6 is 0 Å². The average Bonchev–Trinajstić information content (AvgIpc) is 3.40. The van der Waals surface area contributed by atoms with Crippen LogP contribution in [0.3, 0.4) is 0 Å². The molecular weight excluding hydrogens is 514 g/mol. The van der Waals surface area contributed by atoms with Crippen molar-refractivity contribution < 1.29 is 47.5 Å². The lowest BCUT2D eigenvalue weighted by atomic mass is 10.2. The molecule has 39 heavy (non-hydrogen) atoms. The topological polar surface area (TPSA) is 139 Å². The fraction of sp³-hybridized carbons (Fsp3) is 0.846. The van der Waals surface area contributed by atoms with E-state index in [2.05, 4.69) is 10.3 Å². The van der Waals surface area contributed by atoms with E-state index < -0.39 is 0 Å². The maximum Gasteiger partial charge on any atom is 0.122 e. The van der Waals surface area contributed by atoms with E-state index >= 15 is 0 Å². The minimum Gasteiger partial charge on any atom is -0.379 e. The Hall–Kier alpha value is -1.84. The minimum atomic E-state index is 0.414. The Bertz CT molecular complexity index is 666. The lowest BCUT2D eigenvalue weighted by Gasteiger charge is -2.08. The van der Waals surface area contributed by atoms with Gasteiger partial charge in [-0.15, -0.1) is 5.10 Å². The number of aryl methyl sites for hydroxylation is 1. The van der Waals surface area contributed by atoms with Gasteiger partial charge in [0.05, 0.1) is 118 Å². The first kappa shape index (κ1) is 35.2. The summed E-state index contributed by atoms with van der Waals surface area (Å²) in [4.78, 5) is 20.4. The molecule has 0 N–H and O–H groups in total. The van der Waals surface area contributed by atoms with Gasteiger partial charge < -0.3 is 47.5 Å². The molecule has 0 amide bonds. The maximum absolute atomic E-state index is 10.3. The van der Waals surface area contributed by atoms with Crippen LogP contribution in [0.1, 0.15) is 31.4 Å². The Kier molecular flexibility index (Phi) is 26.3. The van der Waals surface area contributed by atoms with Crippen molar-refractivity contribution in [3.05, 3.63) is 11.9 Å². The first-order valence-electron chi connectivity index (χ1n) is 13.7. The summed E-state index contributed by atoms with van der Waals surface area (Å²) in [5.41, 5.74) is 0.940. The lowest BCUT2D eigenvalue weighted by molar-refractivity contribution is -0.109. The van der Waals surface area contributed by atoms with Crippen LogP contribution < -0.4 is 0 Å². The van der Waals surface area contributed by atoms with Gasteiger partial charge in [0.2, 0.25) is 0 Å². The molecular formula is C26H47N3O10. The monoisotopic (exact) mass is 561 g/mol. The highest BCUT2D eigenvalue weighted by atomic mass is 16.6. The van der Waals surface area contributed by atoms with Crippen molar-refractivity contribution in [3.8, 4) is 0 Å². The van der Waals surface area contributed by atoms with Gasteiger partial charge in [-0.2, -0.15) is 0 Å². The van der Waals surface area contributed by atoms with Gasteiger partial charge in [-0.05, 0) is 19.3 Å². The number of ether oxygens (including phenoxy) is 8. The fourth-order valence-corrected chi connectivity index (χ4v) is 3.03. The SMILES string of the molecule is O=CCCCCc1cn(CCOCCOCCOCCOCCOCCOCCOCCOCCC=O)nn1. The summed E-state index contributed by atoms with van der Waals surface area (Å²) >= 11 is 0. The molecule has 1 aromatic heterocycles. The van der Waals surface area contributed by atoms with Crippen LogP contribution in [0.25, 0.3) is 0 Å². The Morgan fingerprint density at radius 2 is 0.949 bits per heavy atom. The molecule has 13 nitrogen and oxygen atoms in total. The van der Waals surface area contributed by atoms with Gasteiger partial charge in [-0.3, -0.25) is 0 Å². The summed E-state index contributed by atoms with van der Waals surface area (Å²) in [5, 5.41) is 8.21. The van der Waals surface area contributed by atoms with Crippen molar-refractivity contribution in [1.82, 2.24) is 15.0 Å². The molecule has 0 fully saturated rings. The Labute approximate surface area is 231 Å². The van der Waals surface area contributed by atoms with Crippen LogP contribution in [-0.4, -0.2) is 133 Å². The molecule has 0 unspecified atom stereocenters. The molecule has 1 aromatic rings. The minimum absolute atomic E-state index is 0.414. The zero-order chi connectivity index (χ0) is 27.9. The summed E-state index contributed by atoms with van der Waals surface area (Å²) < 4.78 is 45.1. The van der Waals surface area contributed by atoms with Crippen LogP contribution in [0.5, 0.6) is 0 Å². The summed E-state index contributed by atoms with van der Waals surface area (Å²) in [6, 6.07) is 0. The molecule has 13 heteroatoms. The predicted molar refractivity (Wildman–Crippen MR) is 141 cm³/mol. The quantitative estimate of drug-likeness (QED) is 0.0913. The average molecular weight is 562 g/mol. The molecule has 1 heterocycles. The zero-order valence-corrected chi connectivity index (χ0v) is 23.2. The number of hydrogen-bond acceptors (Lipinski definition) is 12. The van der Waals surface area contributed by atoms with Crippen LogP contribution in [-0.2, 0) is 60.4 Å². The van der Waals surface area contributed by atoms with Crippen LogP contribution in [0.4, 0.5) is 0 Å². The third kappa shape index (κ3) is 24.9. The maximum atomic E-state index is 10.3. The standard InChI is InChI=1S/C26H47N3O10/c30-7-3-1-2-5-26-25-29(28-27-26)6-10-33-12-14-35-16-18-37-20-22-39-24-23-38-21-19-36-17-15-34-13-11-32-9-4-8-31/h7-8,25H,1-6,9-24H2. The van der Waals surface area contributed by atoms with Gasteiger partial charge in [0, 0.05) is 19.0 Å². The van der Waals surface area contributed by atoms with E-state index in [4.69, 9.17) is 37.9 Å². The fourth-order valence-electron chi connectivity index (χ4n) is 3.03. The van der Waals surface area contributed by atoms with Crippen LogP contribution in [0.2, 0.25) is 0 Å². The Morgan fingerprint density at radius 3 is 1.38 bits per heavy atom. The molecule has 0 aromatic carbocycles. The second-order valence-corrected chi connectivity index (χ2v) is 8.24. The predicted octanol–water partition coefficient (Wildman–Crippen LogP) is 0.912. The molecule has 0 aliphatic carbocycles. The summed E-state index contributed by atoms with van der Waals surface area (Å²) in [6.45, 7) is 8.61. The summed E-state index contributed by atoms with van der Waals surface area (Å²) in [5.74, 6) is 0. The summed E-state index contributed by atoms with van der Waals surface area (Å²) in [6.07, 6.45) is 7.37. The number of unbranched alkanes of at least 4 members (excludes halogenated alkanes) is 2. The van der Waals surface area contributed by atoms with Crippen molar-refractivity contribution in [2.75, 3.05) is 106 Å². The molecule has 226 valence electrons. The van der Waals surface area contributed by atoms with Crippen molar-refractivity contribution in [3.63, 3.8) is 0 Å². The molecule has 1 rings (SSSR count). The lowest BCUT2D eigenvalue weighted by Crippen LogP contribution is -2.15. The van der Waals surface area contributed by atoms with E-state index in [0.717, 1.165) is 37.5 Å². The molecule has 0 saturated carbocycles. The molecule has 0 bridgehead atoms. The largest absolute Gasteiger partial charge is 0.379 e. The molecule has 0 radical (unpaired) electrons. The number of nitrogens with zero attached hydrogens (tertiary/aromatic N) is 3. The van der Waals surface area contributed by atoms with E-state index in [-0.39, 0.29) is 0 Å². The summed E-state index contributed by atoms with van der Waals surface area (Å²) in [7, 11) is 0. The van der Waals surface area contributed by atoms with E-state index in [0.29, 0.717) is 125 Å². The van der Waals surface area contributed by atoms with E-state index in [9.17, 15) is 9.59 Å². The Balaban J connectivity index is 1.70. The molecule has 0 spiro atoms. The van der Waals surface area contributed by atoms with Crippen molar-refractivity contribution in [2.45, 2.75) is 38.6 Å². The highest BCUT2D eigenvalue weighted by Gasteiger charge is 2.01. The number of carbonyl (C=O) groups is 2. The number of aldehydes is 2. The molecule has 0 atom stereocenters. The van der Waals surface area contributed by atoms with Gasteiger partial charge in [0.15, 0.2) is 0 Å². The first-order valence-corrected chi connectivity index (χ1v) is 13.7. The van der Waals surface area contributed by atoms with Gasteiger partial charge in [-0.1, -0.05) is 5.21 Å². The third-order valence-electron chi connectivity index (χ3n) is 5.04. The highest BCUT2D eigenvalue weighted by molar-refractivity contribution is 5.49. The van der Waals surface area contributed by atoms with Gasteiger partial charge in [0.1, 0.15) is 12.6 Å². The van der Waals surface area contributed by atoms with Crippen molar-refractivity contribution in [2.24, 2.45) is 0 Å². The first-order chi connectivity index (χ1) is 19.4. The number of rotatable bonds is 32. The third-order valence-corrected chi connectivity index (χ3v) is 5.04. The van der Waals surface area contributed by atoms with Crippen molar-refractivity contribution in [1.29, 1.82) is 0 Å². The van der Waals surface area contributed by atoms with Crippen molar-refractivity contribution >= 4 is 12.6 Å². The van der Waals surface area contributed by atoms with E-state index in [1.807, 2.05) is 6.20 Å².